The third kappa shape index (κ3) is 3.08. The Hall–Kier alpha value is -1.87. The van der Waals surface area contributed by atoms with E-state index in [1.807, 2.05) is 10.8 Å². The van der Waals surface area contributed by atoms with E-state index in [-0.39, 0.29) is 4.90 Å². The molecule has 0 heterocycles. The van der Waals surface area contributed by atoms with E-state index in [4.69, 9.17) is 5.26 Å². The zero-order chi connectivity index (χ0) is 13.9. The van der Waals surface area contributed by atoms with Gasteiger partial charge in [-0.25, -0.2) is 13.1 Å². The number of nitrogens with zero attached hydrogens (tertiary/aromatic N) is 1. The minimum absolute atomic E-state index is 0.00972. The van der Waals surface area contributed by atoms with Gasteiger partial charge >= 0.3 is 0 Å². The van der Waals surface area contributed by atoms with Gasteiger partial charge in [0.25, 0.3) is 10.0 Å². The minimum atomic E-state index is -3.87. The zero-order valence-corrected chi connectivity index (χ0v) is 11.2. The fourth-order valence-electron chi connectivity index (χ4n) is 1.33. The second kappa shape index (κ2) is 5.19. The Balaban J connectivity index is 3.14. The summed E-state index contributed by atoms with van der Waals surface area (Å²) in [5.41, 5.74) is 0.805. The highest BCUT2D eigenvalue weighted by Gasteiger charge is 2.21. The van der Waals surface area contributed by atoms with Crippen LogP contribution >= 0.6 is 0 Å². The average Bonchev–Trinajstić information content (AvgIpc) is 2.27. The molecule has 1 aromatic rings. The molecule has 0 aliphatic heterocycles. The molecule has 0 spiro atoms. The fraction of sp³-hybridized carbons (Fsp3) is 0.333. The third-order valence-electron chi connectivity index (χ3n) is 2.35. The first kappa shape index (κ1) is 14.2. The van der Waals surface area contributed by atoms with Gasteiger partial charge in [-0.2, -0.15) is 5.26 Å². The molecule has 1 aromatic carbocycles. The van der Waals surface area contributed by atoms with Crippen molar-refractivity contribution in [3.63, 3.8) is 0 Å². The first-order valence-electron chi connectivity index (χ1n) is 5.35. The predicted molar refractivity (Wildman–Crippen MR) is 66.1 cm³/mol. The Morgan fingerprint density at radius 1 is 1.39 bits per heavy atom. The number of hydrogen-bond donors (Lipinski definition) is 1. The highest BCUT2D eigenvalue weighted by Crippen LogP contribution is 2.16. The van der Waals surface area contributed by atoms with E-state index in [1.54, 1.807) is 20.8 Å². The summed E-state index contributed by atoms with van der Waals surface area (Å²) in [6.07, 6.45) is 0. The number of aryl methyl sites for hydroxylation is 1. The van der Waals surface area contributed by atoms with Crippen LogP contribution in [0.25, 0.3) is 0 Å². The number of amides is 1. The molecule has 0 unspecified atom stereocenters. The molecule has 0 saturated heterocycles. The predicted octanol–water partition coefficient (Wildman–Crippen LogP) is 1.33. The van der Waals surface area contributed by atoms with Crippen LogP contribution in [0, 0.1) is 24.2 Å². The lowest BCUT2D eigenvalue weighted by atomic mass is 10.2. The van der Waals surface area contributed by atoms with Crippen LogP contribution in [0.15, 0.2) is 23.1 Å². The lowest BCUT2D eigenvalue weighted by Crippen LogP contribution is -2.34. The number of carbonyl (C=O) groups is 1. The van der Waals surface area contributed by atoms with Gasteiger partial charge in [0, 0.05) is 5.92 Å². The highest BCUT2D eigenvalue weighted by molar-refractivity contribution is 7.90. The van der Waals surface area contributed by atoms with Crippen molar-refractivity contribution in [1.29, 1.82) is 5.26 Å². The summed E-state index contributed by atoms with van der Waals surface area (Å²) >= 11 is 0. The summed E-state index contributed by atoms with van der Waals surface area (Å²) in [5.74, 6) is -0.975. The summed E-state index contributed by atoms with van der Waals surface area (Å²) in [6, 6.07) is 6.12. The maximum atomic E-state index is 12.0. The molecule has 0 saturated carbocycles. The molecule has 0 aromatic heterocycles. The van der Waals surface area contributed by atoms with E-state index in [1.165, 1.54) is 18.2 Å². The Bertz CT molecular complexity index is 613. The van der Waals surface area contributed by atoms with Gasteiger partial charge in [-0.05, 0) is 30.7 Å². The van der Waals surface area contributed by atoms with Gasteiger partial charge in [-0.3, -0.25) is 4.79 Å². The second-order valence-corrected chi connectivity index (χ2v) is 5.87. The van der Waals surface area contributed by atoms with Crippen LogP contribution in [0.5, 0.6) is 0 Å². The topological polar surface area (TPSA) is 87.0 Å². The number of benzene rings is 1. The van der Waals surface area contributed by atoms with E-state index < -0.39 is 21.8 Å². The quantitative estimate of drug-likeness (QED) is 0.894. The maximum Gasteiger partial charge on any atom is 0.264 e. The zero-order valence-electron chi connectivity index (χ0n) is 10.4. The maximum absolute atomic E-state index is 12.0. The first-order chi connectivity index (χ1) is 8.27. The second-order valence-electron chi connectivity index (χ2n) is 4.22. The van der Waals surface area contributed by atoms with Gasteiger partial charge in [0.15, 0.2) is 0 Å². The number of carbonyl (C=O) groups excluding carboxylic acids is 1. The summed E-state index contributed by atoms with van der Waals surface area (Å²) < 4.78 is 25.9. The van der Waals surface area contributed by atoms with Gasteiger partial charge in [-0.1, -0.05) is 13.8 Å². The molecule has 0 fully saturated rings. The molecule has 96 valence electrons. The molecule has 0 radical (unpaired) electrons. The van der Waals surface area contributed by atoms with Crippen molar-refractivity contribution in [1.82, 2.24) is 4.72 Å². The molecule has 5 nitrogen and oxygen atoms in total. The lowest BCUT2D eigenvalue weighted by Gasteiger charge is -2.10. The van der Waals surface area contributed by atoms with Crippen molar-refractivity contribution in [2.45, 2.75) is 25.7 Å². The van der Waals surface area contributed by atoms with Crippen LogP contribution in [-0.4, -0.2) is 14.3 Å². The van der Waals surface area contributed by atoms with Crippen molar-refractivity contribution >= 4 is 15.9 Å². The van der Waals surface area contributed by atoms with Crippen LogP contribution in [0.3, 0.4) is 0 Å². The van der Waals surface area contributed by atoms with Gasteiger partial charge in [0.05, 0.1) is 16.5 Å². The first-order valence-corrected chi connectivity index (χ1v) is 6.83. The van der Waals surface area contributed by atoms with Crippen molar-refractivity contribution in [2.24, 2.45) is 5.92 Å². The highest BCUT2D eigenvalue weighted by atomic mass is 32.2. The lowest BCUT2D eigenvalue weighted by molar-refractivity contribution is -0.122. The smallest absolute Gasteiger partial charge is 0.264 e. The average molecular weight is 266 g/mol. The Morgan fingerprint density at radius 2 is 2.00 bits per heavy atom. The summed E-state index contributed by atoms with van der Waals surface area (Å²) in [6.45, 7) is 4.79. The van der Waals surface area contributed by atoms with Gasteiger partial charge in [0.2, 0.25) is 5.91 Å². The van der Waals surface area contributed by atoms with Crippen molar-refractivity contribution < 1.29 is 13.2 Å². The van der Waals surface area contributed by atoms with Crippen LogP contribution in [0.1, 0.15) is 25.0 Å². The van der Waals surface area contributed by atoms with E-state index in [0.29, 0.717) is 11.1 Å². The van der Waals surface area contributed by atoms with Crippen LogP contribution in [-0.2, 0) is 14.8 Å². The fourth-order valence-corrected chi connectivity index (χ4v) is 2.67. The van der Waals surface area contributed by atoms with E-state index in [0.717, 1.165) is 0 Å². The Kier molecular flexibility index (Phi) is 4.09. The molecule has 1 amide bonds. The van der Waals surface area contributed by atoms with Crippen LogP contribution in [0.2, 0.25) is 0 Å². The monoisotopic (exact) mass is 266 g/mol. The Labute approximate surface area is 106 Å². The molecule has 0 aliphatic carbocycles. The third-order valence-corrected chi connectivity index (χ3v) is 3.86. The van der Waals surface area contributed by atoms with Gasteiger partial charge < -0.3 is 0 Å². The standard InChI is InChI=1S/C12H14N2O3S/c1-8(2)12(15)14-18(16,17)11-5-4-10(7-13)6-9(11)3/h4-6,8H,1-3H3,(H,14,15). The summed E-state index contributed by atoms with van der Waals surface area (Å²) in [4.78, 5) is 11.4. The van der Waals surface area contributed by atoms with E-state index in [2.05, 4.69) is 0 Å². The van der Waals surface area contributed by atoms with Crippen molar-refractivity contribution in [2.75, 3.05) is 0 Å². The number of nitrogens with one attached hydrogen (secondary N) is 1. The largest absolute Gasteiger partial charge is 0.274 e. The molecule has 6 heteroatoms. The molecule has 1 N–H and O–H groups in total. The van der Waals surface area contributed by atoms with Crippen LogP contribution in [0.4, 0.5) is 0 Å². The SMILES string of the molecule is Cc1cc(C#N)ccc1S(=O)(=O)NC(=O)C(C)C. The molecule has 1 rings (SSSR count). The molecular formula is C12H14N2O3S. The number of sulfonamides is 1. The van der Waals surface area contributed by atoms with Crippen LogP contribution < -0.4 is 4.72 Å². The summed E-state index contributed by atoms with van der Waals surface area (Å²) in [5, 5.41) is 8.70. The normalized spacial score (nSPS) is 11.1. The molecule has 0 aliphatic rings. The van der Waals surface area contributed by atoms with Gasteiger partial charge in [-0.15, -0.1) is 0 Å². The van der Waals surface area contributed by atoms with Crippen molar-refractivity contribution in [3.8, 4) is 6.07 Å². The van der Waals surface area contributed by atoms with Crippen molar-refractivity contribution in [3.05, 3.63) is 29.3 Å². The van der Waals surface area contributed by atoms with Gasteiger partial charge in [0.1, 0.15) is 0 Å². The molecule has 0 atom stereocenters. The number of nitriles is 1. The van der Waals surface area contributed by atoms with E-state index in [9.17, 15) is 13.2 Å². The van der Waals surface area contributed by atoms with E-state index >= 15 is 0 Å². The molecule has 0 bridgehead atoms. The summed E-state index contributed by atoms with van der Waals surface area (Å²) in [7, 11) is -3.87. The molecule has 18 heavy (non-hydrogen) atoms. The number of hydrogen-bond acceptors (Lipinski definition) is 4. The minimum Gasteiger partial charge on any atom is -0.274 e. The molecular weight excluding hydrogens is 252 g/mol. The Morgan fingerprint density at radius 3 is 2.44 bits per heavy atom. The number of rotatable bonds is 3.